The number of rotatable bonds is 7. The SMILES string of the molecule is CC(C)(C)OC(=O)C[C@@H](CCCc1ccccc1)C(=O)O.NC1CCCCC1. The van der Waals surface area contributed by atoms with Crippen LogP contribution in [0.5, 0.6) is 0 Å². The van der Waals surface area contributed by atoms with Crippen LogP contribution < -0.4 is 5.73 Å². The Kier molecular flexibility index (Phi) is 10.8. The molecular weight excluding hydrogens is 354 g/mol. The predicted molar refractivity (Wildman–Crippen MR) is 112 cm³/mol. The van der Waals surface area contributed by atoms with Gasteiger partial charge in [0, 0.05) is 6.04 Å². The summed E-state index contributed by atoms with van der Waals surface area (Å²) in [5.41, 5.74) is 6.24. The van der Waals surface area contributed by atoms with E-state index in [2.05, 4.69) is 0 Å². The molecule has 5 heteroatoms. The molecule has 0 unspecified atom stereocenters. The van der Waals surface area contributed by atoms with E-state index in [4.69, 9.17) is 10.5 Å². The molecule has 2 rings (SSSR count). The fraction of sp³-hybridized carbons (Fsp3) is 0.652. The van der Waals surface area contributed by atoms with Crippen molar-refractivity contribution in [3.05, 3.63) is 35.9 Å². The van der Waals surface area contributed by atoms with Crippen LogP contribution in [-0.4, -0.2) is 28.7 Å². The monoisotopic (exact) mass is 391 g/mol. The van der Waals surface area contributed by atoms with Crippen LogP contribution in [0, 0.1) is 5.92 Å². The second kappa shape index (κ2) is 12.6. The summed E-state index contributed by atoms with van der Waals surface area (Å²) in [4.78, 5) is 23.0. The standard InChI is InChI=1S/C17H24O4.C6H13N/c1-17(2,3)21-15(18)12-14(16(19)20)11-7-10-13-8-5-4-6-9-13;7-6-4-2-1-3-5-6/h4-6,8-9,14H,7,10-12H2,1-3H3,(H,19,20);6H,1-5,7H2/t14-;/m1./s1. The Morgan fingerprint density at radius 1 is 1.14 bits per heavy atom. The van der Waals surface area contributed by atoms with Crippen LogP contribution >= 0.6 is 0 Å². The first-order valence-electron chi connectivity index (χ1n) is 10.4. The molecule has 158 valence electrons. The molecule has 1 aliphatic rings. The molecule has 0 aliphatic heterocycles. The van der Waals surface area contributed by atoms with E-state index in [0.717, 1.165) is 12.8 Å². The van der Waals surface area contributed by atoms with E-state index in [-0.39, 0.29) is 6.42 Å². The number of carbonyl (C=O) groups excluding carboxylic acids is 1. The highest BCUT2D eigenvalue weighted by atomic mass is 16.6. The maximum absolute atomic E-state index is 11.7. The molecule has 0 heterocycles. The van der Waals surface area contributed by atoms with Crippen molar-refractivity contribution >= 4 is 11.9 Å². The van der Waals surface area contributed by atoms with Crippen LogP contribution in [0.3, 0.4) is 0 Å². The number of aliphatic carboxylic acids is 1. The van der Waals surface area contributed by atoms with Crippen molar-refractivity contribution < 1.29 is 19.4 Å². The molecule has 1 atom stereocenters. The lowest BCUT2D eigenvalue weighted by Crippen LogP contribution is -2.27. The molecule has 0 radical (unpaired) electrons. The molecule has 0 amide bonds. The summed E-state index contributed by atoms with van der Waals surface area (Å²) in [6, 6.07) is 10.4. The average Bonchev–Trinajstić information content (AvgIpc) is 2.61. The number of carbonyl (C=O) groups is 2. The summed E-state index contributed by atoms with van der Waals surface area (Å²) in [5, 5.41) is 9.21. The van der Waals surface area contributed by atoms with Gasteiger partial charge in [0.15, 0.2) is 0 Å². The smallest absolute Gasteiger partial charge is 0.307 e. The van der Waals surface area contributed by atoms with Crippen LogP contribution in [0.2, 0.25) is 0 Å². The van der Waals surface area contributed by atoms with E-state index in [0.29, 0.717) is 12.5 Å². The van der Waals surface area contributed by atoms with Gasteiger partial charge < -0.3 is 15.6 Å². The molecule has 5 nitrogen and oxygen atoms in total. The molecule has 1 aromatic rings. The Balaban J connectivity index is 0.000000467. The molecule has 1 aliphatic carbocycles. The van der Waals surface area contributed by atoms with Crippen LogP contribution in [0.1, 0.15) is 77.7 Å². The maximum atomic E-state index is 11.7. The first-order chi connectivity index (χ1) is 13.2. The minimum absolute atomic E-state index is 0.0681. The van der Waals surface area contributed by atoms with E-state index in [1.165, 1.54) is 37.7 Å². The predicted octanol–water partition coefficient (Wildman–Crippen LogP) is 4.72. The zero-order valence-corrected chi connectivity index (χ0v) is 17.7. The van der Waals surface area contributed by atoms with Crippen molar-refractivity contribution in [2.45, 2.75) is 90.2 Å². The normalized spacial score (nSPS) is 15.9. The van der Waals surface area contributed by atoms with Crippen molar-refractivity contribution in [3.8, 4) is 0 Å². The Labute approximate surface area is 169 Å². The Hall–Kier alpha value is -1.88. The third-order valence-corrected chi connectivity index (χ3v) is 4.69. The largest absolute Gasteiger partial charge is 0.481 e. The molecule has 3 N–H and O–H groups in total. The zero-order chi connectivity index (χ0) is 21.0. The number of hydrogen-bond acceptors (Lipinski definition) is 4. The minimum Gasteiger partial charge on any atom is -0.481 e. The molecule has 0 spiro atoms. The van der Waals surface area contributed by atoms with Gasteiger partial charge in [0.25, 0.3) is 0 Å². The van der Waals surface area contributed by atoms with E-state index in [1.807, 2.05) is 30.3 Å². The number of carboxylic acids is 1. The summed E-state index contributed by atoms with van der Waals surface area (Å²) >= 11 is 0. The molecule has 0 saturated heterocycles. The topological polar surface area (TPSA) is 89.6 Å². The van der Waals surface area contributed by atoms with Crippen molar-refractivity contribution in [2.24, 2.45) is 11.7 Å². The lowest BCUT2D eigenvalue weighted by atomic mass is 9.96. The summed E-state index contributed by atoms with van der Waals surface area (Å²) in [5.74, 6) is -2.06. The third kappa shape index (κ3) is 11.8. The Morgan fingerprint density at radius 2 is 1.75 bits per heavy atom. The second-order valence-electron chi connectivity index (χ2n) is 8.60. The number of carboxylic acid groups (broad SMARTS) is 1. The fourth-order valence-corrected chi connectivity index (χ4v) is 3.23. The third-order valence-electron chi connectivity index (χ3n) is 4.69. The first kappa shape index (κ1) is 24.2. The van der Waals surface area contributed by atoms with E-state index < -0.39 is 23.5 Å². The van der Waals surface area contributed by atoms with Crippen molar-refractivity contribution in [2.75, 3.05) is 0 Å². The molecule has 0 bridgehead atoms. The summed E-state index contributed by atoms with van der Waals surface area (Å²) in [7, 11) is 0. The maximum Gasteiger partial charge on any atom is 0.307 e. The first-order valence-corrected chi connectivity index (χ1v) is 10.4. The van der Waals surface area contributed by atoms with Gasteiger partial charge in [-0.3, -0.25) is 9.59 Å². The van der Waals surface area contributed by atoms with E-state index in [9.17, 15) is 14.7 Å². The minimum atomic E-state index is -0.936. The van der Waals surface area contributed by atoms with Gasteiger partial charge in [0.2, 0.25) is 0 Å². The van der Waals surface area contributed by atoms with Gasteiger partial charge in [-0.25, -0.2) is 0 Å². The lowest BCUT2D eigenvalue weighted by Gasteiger charge is -2.21. The van der Waals surface area contributed by atoms with Crippen LogP contribution in [-0.2, 0) is 20.7 Å². The van der Waals surface area contributed by atoms with E-state index >= 15 is 0 Å². The van der Waals surface area contributed by atoms with Gasteiger partial charge in [0.05, 0.1) is 12.3 Å². The number of benzene rings is 1. The van der Waals surface area contributed by atoms with Crippen LogP contribution in [0.25, 0.3) is 0 Å². The molecular formula is C23H37NO4. The molecule has 1 fully saturated rings. The number of esters is 1. The number of ether oxygens (including phenoxy) is 1. The van der Waals surface area contributed by atoms with Gasteiger partial charge in [-0.05, 0) is 58.4 Å². The molecule has 1 aromatic carbocycles. The summed E-state index contributed by atoms with van der Waals surface area (Å²) in [6.07, 6.45) is 8.63. The molecule has 28 heavy (non-hydrogen) atoms. The van der Waals surface area contributed by atoms with Gasteiger partial charge >= 0.3 is 11.9 Å². The number of hydrogen-bond donors (Lipinski definition) is 2. The van der Waals surface area contributed by atoms with Gasteiger partial charge in [-0.1, -0.05) is 49.6 Å². The van der Waals surface area contributed by atoms with E-state index in [1.54, 1.807) is 20.8 Å². The highest BCUT2D eigenvalue weighted by molar-refractivity contribution is 5.78. The average molecular weight is 392 g/mol. The van der Waals surface area contributed by atoms with Crippen LogP contribution in [0.15, 0.2) is 30.3 Å². The van der Waals surface area contributed by atoms with Crippen molar-refractivity contribution in [3.63, 3.8) is 0 Å². The van der Waals surface area contributed by atoms with Crippen molar-refractivity contribution in [1.29, 1.82) is 0 Å². The summed E-state index contributed by atoms with van der Waals surface area (Å²) in [6.45, 7) is 5.32. The highest BCUT2D eigenvalue weighted by Crippen LogP contribution is 2.18. The highest BCUT2D eigenvalue weighted by Gasteiger charge is 2.24. The fourth-order valence-electron chi connectivity index (χ4n) is 3.23. The van der Waals surface area contributed by atoms with Crippen LogP contribution in [0.4, 0.5) is 0 Å². The van der Waals surface area contributed by atoms with Gasteiger partial charge in [-0.2, -0.15) is 0 Å². The van der Waals surface area contributed by atoms with Crippen molar-refractivity contribution in [1.82, 2.24) is 0 Å². The quantitative estimate of drug-likeness (QED) is 0.656. The van der Waals surface area contributed by atoms with Gasteiger partial charge in [-0.15, -0.1) is 0 Å². The zero-order valence-electron chi connectivity index (χ0n) is 17.7. The lowest BCUT2D eigenvalue weighted by molar-refractivity contribution is -0.160. The number of nitrogens with two attached hydrogens (primary N) is 1. The number of aryl methyl sites for hydroxylation is 1. The van der Waals surface area contributed by atoms with Gasteiger partial charge in [0.1, 0.15) is 5.60 Å². The molecule has 0 aromatic heterocycles. The summed E-state index contributed by atoms with van der Waals surface area (Å²) < 4.78 is 5.18. The Morgan fingerprint density at radius 3 is 2.21 bits per heavy atom. The second-order valence-corrected chi connectivity index (χ2v) is 8.60. The molecule has 1 saturated carbocycles. The Bertz CT molecular complexity index is 574.